The first-order valence-corrected chi connectivity index (χ1v) is 12.0. The highest BCUT2D eigenvalue weighted by atomic mass is 79.9. The summed E-state index contributed by atoms with van der Waals surface area (Å²) >= 11 is 3.54. The average Bonchev–Trinajstić information content (AvgIpc) is 2.73. The Morgan fingerprint density at radius 3 is 2.03 bits per heavy atom. The summed E-state index contributed by atoms with van der Waals surface area (Å²) in [5.41, 5.74) is 1.35. The number of allylic oxidation sites excluding steroid dienone is 2. The maximum absolute atomic E-state index is 13.6. The molecular formula is C27H29BrN2O4. The molecule has 0 aromatic heterocycles. The van der Waals surface area contributed by atoms with Crippen LogP contribution in [-0.2, 0) is 4.79 Å². The maximum atomic E-state index is 13.6. The normalized spacial score (nSPS) is 19.5. The van der Waals surface area contributed by atoms with E-state index in [-0.39, 0.29) is 11.5 Å². The van der Waals surface area contributed by atoms with Crippen LogP contribution in [0.4, 0.5) is 11.4 Å². The van der Waals surface area contributed by atoms with E-state index in [1.807, 2.05) is 71.9 Å². The molecule has 1 heterocycles. The number of hydrogen-bond donors (Lipinski definition) is 1. The summed E-state index contributed by atoms with van der Waals surface area (Å²) in [6.07, 6.45) is 3.42. The molecule has 1 aliphatic carbocycles. The Hall–Kier alpha value is -2.93. The van der Waals surface area contributed by atoms with E-state index in [1.165, 1.54) is 12.1 Å². The van der Waals surface area contributed by atoms with Crippen molar-refractivity contribution in [1.82, 2.24) is 0 Å². The molecule has 1 aliphatic heterocycles. The number of nitrogens with zero attached hydrogens (tertiary/aromatic N) is 1. The molecule has 0 radical (unpaired) electrons. The van der Waals surface area contributed by atoms with Gasteiger partial charge in [-0.3, -0.25) is 14.9 Å². The van der Waals surface area contributed by atoms with Crippen LogP contribution in [0.1, 0.15) is 53.2 Å². The van der Waals surface area contributed by atoms with Gasteiger partial charge in [-0.25, -0.2) is 0 Å². The molecule has 6 nitrogen and oxygen atoms in total. The molecule has 0 saturated heterocycles. The van der Waals surface area contributed by atoms with Crippen LogP contribution in [0.5, 0.6) is 5.75 Å². The second-order valence-electron chi connectivity index (χ2n) is 11.0. The molecule has 1 spiro atoms. The Bertz CT molecular complexity index is 1200. The number of carbonyl (C=O) groups excluding carboxylic acids is 1. The highest BCUT2D eigenvalue weighted by Crippen LogP contribution is 2.50. The summed E-state index contributed by atoms with van der Waals surface area (Å²) in [6, 6.07) is 12.2. The number of hydrogen-bond acceptors (Lipinski definition) is 5. The second kappa shape index (κ2) is 8.08. The number of halogens is 1. The fourth-order valence-corrected chi connectivity index (χ4v) is 4.83. The van der Waals surface area contributed by atoms with Gasteiger partial charge in [-0.05, 0) is 58.9 Å². The fourth-order valence-electron chi connectivity index (χ4n) is 4.47. The standard InChI is InChI=1S/C27H29BrN2O4/c1-25(2,3)19-14-27(15-20(23(19)31)26(4,5)6)24(16-7-10-18(11-8-16)30(32)33)34-22-12-9-17(28)13-21(22)29-27/h7-15,24,29H,1-6H3. The number of Topliss-reactive ketones (excluding diaryl/α,β-unsaturated/α-hetero) is 1. The molecule has 2 aromatic carbocycles. The predicted octanol–water partition coefficient (Wildman–Crippen LogP) is 7.17. The summed E-state index contributed by atoms with van der Waals surface area (Å²) < 4.78 is 7.47. The lowest BCUT2D eigenvalue weighted by atomic mass is 9.67. The molecule has 2 aliphatic rings. The average molecular weight is 525 g/mol. The number of nitrogens with one attached hydrogen (secondary N) is 1. The van der Waals surface area contributed by atoms with Crippen LogP contribution < -0.4 is 10.1 Å². The van der Waals surface area contributed by atoms with Crippen LogP contribution in [0, 0.1) is 20.9 Å². The molecule has 4 rings (SSSR count). The van der Waals surface area contributed by atoms with E-state index in [2.05, 4.69) is 21.2 Å². The van der Waals surface area contributed by atoms with Gasteiger partial charge in [-0.15, -0.1) is 0 Å². The van der Waals surface area contributed by atoms with Crippen LogP contribution in [0.25, 0.3) is 0 Å². The zero-order valence-corrected chi connectivity index (χ0v) is 21.8. The molecule has 7 heteroatoms. The van der Waals surface area contributed by atoms with Gasteiger partial charge in [0.05, 0.1) is 10.6 Å². The van der Waals surface area contributed by atoms with Gasteiger partial charge in [0, 0.05) is 27.8 Å². The van der Waals surface area contributed by atoms with Crippen molar-refractivity contribution in [3.8, 4) is 5.75 Å². The number of nitro benzene ring substituents is 1. The smallest absolute Gasteiger partial charge is 0.269 e. The van der Waals surface area contributed by atoms with Crippen molar-refractivity contribution in [2.75, 3.05) is 5.32 Å². The number of rotatable bonds is 2. The van der Waals surface area contributed by atoms with Crippen molar-refractivity contribution in [2.24, 2.45) is 10.8 Å². The Morgan fingerprint density at radius 1 is 0.971 bits per heavy atom. The Labute approximate surface area is 208 Å². The van der Waals surface area contributed by atoms with E-state index in [0.717, 1.165) is 15.7 Å². The molecule has 0 saturated carbocycles. The summed E-state index contributed by atoms with van der Waals surface area (Å²) in [5, 5.41) is 14.9. The summed E-state index contributed by atoms with van der Waals surface area (Å²) in [7, 11) is 0. The van der Waals surface area contributed by atoms with Crippen molar-refractivity contribution >= 4 is 33.1 Å². The zero-order valence-electron chi connectivity index (χ0n) is 20.2. The molecule has 0 amide bonds. The van der Waals surface area contributed by atoms with E-state index in [1.54, 1.807) is 12.1 Å². The van der Waals surface area contributed by atoms with Gasteiger partial charge in [0.1, 0.15) is 11.3 Å². The summed E-state index contributed by atoms with van der Waals surface area (Å²) in [4.78, 5) is 24.4. The molecule has 34 heavy (non-hydrogen) atoms. The minimum absolute atomic E-state index is 0.0153. The van der Waals surface area contributed by atoms with Crippen molar-refractivity contribution in [2.45, 2.75) is 53.2 Å². The number of non-ortho nitro benzene ring substituents is 1. The molecule has 1 N–H and O–H groups in total. The van der Waals surface area contributed by atoms with Gasteiger partial charge in [0.2, 0.25) is 0 Å². The number of fused-ring (bicyclic) bond motifs is 1. The van der Waals surface area contributed by atoms with Crippen LogP contribution in [0.2, 0.25) is 0 Å². The Balaban J connectivity index is 1.99. The van der Waals surface area contributed by atoms with E-state index in [9.17, 15) is 14.9 Å². The molecule has 0 fully saturated rings. The first-order chi connectivity index (χ1) is 15.7. The van der Waals surface area contributed by atoms with Gasteiger partial charge in [-0.1, -0.05) is 57.5 Å². The van der Waals surface area contributed by atoms with E-state index in [0.29, 0.717) is 16.9 Å². The monoisotopic (exact) mass is 524 g/mol. The first kappa shape index (κ1) is 24.2. The van der Waals surface area contributed by atoms with Crippen molar-refractivity contribution in [3.63, 3.8) is 0 Å². The Morgan fingerprint density at radius 2 is 1.53 bits per heavy atom. The van der Waals surface area contributed by atoms with Gasteiger partial charge in [-0.2, -0.15) is 0 Å². The third-order valence-corrected chi connectivity index (χ3v) is 6.74. The number of ether oxygens (including phenoxy) is 1. The fraction of sp³-hybridized carbons (Fsp3) is 0.370. The van der Waals surface area contributed by atoms with E-state index >= 15 is 0 Å². The van der Waals surface area contributed by atoms with Gasteiger partial charge >= 0.3 is 0 Å². The highest BCUT2D eigenvalue weighted by molar-refractivity contribution is 9.10. The number of ketones is 1. The number of anilines is 1. The summed E-state index contributed by atoms with van der Waals surface area (Å²) in [5.74, 6) is 0.709. The highest BCUT2D eigenvalue weighted by Gasteiger charge is 2.49. The van der Waals surface area contributed by atoms with Crippen molar-refractivity contribution in [1.29, 1.82) is 0 Å². The second-order valence-corrected chi connectivity index (χ2v) is 11.9. The SMILES string of the molecule is CC(C)(C)C1=CC2(C=C(C(C)(C)C)C1=O)Nc1cc(Br)ccc1OC2c1ccc([N+](=O)[O-])cc1. The third-order valence-electron chi connectivity index (χ3n) is 6.25. The van der Waals surface area contributed by atoms with Crippen molar-refractivity contribution < 1.29 is 14.5 Å². The molecule has 2 aromatic rings. The van der Waals surface area contributed by atoms with Crippen LogP contribution >= 0.6 is 15.9 Å². The molecule has 178 valence electrons. The molecule has 1 atom stereocenters. The lowest BCUT2D eigenvalue weighted by molar-refractivity contribution is -0.384. The van der Waals surface area contributed by atoms with E-state index < -0.39 is 27.4 Å². The predicted molar refractivity (Wildman–Crippen MR) is 137 cm³/mol. The minimum atomic E-state index is -0.872. The van der Waals surface area contributed by atoms with Crippen LogP contribution in [0.3, 0.4) is 0 Å². The van der Waals surface area contributed by atoms with Gasteiger partial charge in [0.25, 0.3) is 5.69 Å². The topological polar surface area (TPSA) is 81.5 Å². The number of carbonyl (C=O) groups is 1. The van der Waals surface area contributed by atoms with Crippen LogP contribution in [0.15, 0.2) is 70.2 Å². The molecule has 0 bridgehead atoms. The largest absolute Gasteiger partial charge is 0.480 e. The maximum Gasteiger partial charge on any atom is 0.269 e. The molecule has 1 unspecified atom stereocenters. The quantitative estimate of drug-likeness (QED) is 0.332. The first-order valence-electron chi connectivity index (χ1n) is 11.2. The van der Waals surface area contributed by atoms with Gasteiger partial charge in [0.15, 0.2) is 11.9 Å². The number of nitro groups is 1. The Kier molecular flexibility index (Phi) is 5.75. The lowest BCUT2D eigenvalue weighted by Crippen LogP contribution is -2.50. The van der Waals surface area contributed by atoms with Gasteiger partial charge < -0.3 is 10.1 Å². The van der Waals surface area contributed by atoms with Crippen molar-refractivity contribution in [3.05, 3.63) is 85.9 Å². The third kappa shape index (κ3) is 4.29. The number of benzene rings is 2. The minimum Gasteiger partial charge on any atom is -0.480 e. The van der Waals surface area contributed by atoms with E-state index in [4.69, 9.17) is 4.74 Å². The summed E-state index contributed by atoms with van der Waals surface area (Å²) in [6.45, 7) is 12.2. The molecular weight excluding hydrogens is 496 g/mol. The lowest BCUT2D eigenvalue weighted by Gasteiger charge is -2.47. The van der Waals surface area contributed by atoms with Crippen LogP contribution in [-0.4, -0.2) is 16.2 Å². The zero-order chi connectivity index (χ0) is 25.1.